The second-order valence-electron chi connectivity index (χ2n) is 6.14. The van der Waals surface area contributed by atoms with Gasteiger partial charge in [0.25, 0.3) is 0 Å². The van der Waals surface area contributed by atoms with E-state index in [4.69, 9.17) is 0 Å². The molecule has 0 bridgehead atoms. The molecule has 3 heterocycles. The minimum atomic E-state index is 0.411. The number of aryl methyl sites for hydroxylation is 1. The average molecular weight is 285 g/mol. The number of hydrogen-bond acceptors (Lipinski definition) is 4. The number of hydrogen-bond donors (Lipinski definition) is 0. The molecule has 112 valence electrons. The third-order valence-electron chi connectivity index (χ3n) is 4.08. The molecule has 2 aromatic heterocycles. The summed E-state index contributed by atoms with van der Waals surface area (Å²) in [6, 6.07) is 4.49. The monoisotopic (exact) mass is 285 g/mol. The van der Waals surface area contributed by atoms with Crippen molar-refractivity contribution in [2.45, 2.75) is 45.7 Å². The molecule has 1 saturated heterocycles. The largest absolute Gasteiger partial charge is 0.297 e. The Bertz CT molecular complexity index is 604. The maximum Gasteiger partial charge on any atom is 0.132 e. The minimum absolute atomic E-state index is 0.411. The van der Waals surface area contributed by atoms with Crippen LogP contribution < -0.4 is 0 Å². The standard InChI is InChI=1S/C16H23N5/c1-12(2)21-15(5-8-18-21)11-20-9-6-14(10-20)16-17-7-4-13(3)19-16/h4-5,7-8,12,14H,6,9-11H2,1-3H3/t14-/m1/s1. The summed E-state index contributed by atoms with van der Waals surface area (Å²) in [5.74, 6) is 1.45. The van der Waals surface area contributed by atoms with Gasteiger partial charge in [0.2, 0.25) is 0 Å². The van der Waals surface area contributed by atoms with E-state index in [0.29, 0.717) is 12.0 Å². The van der Waals surface area contributed by atoms with Crippen molar-refractivity contribution in [1.82, 2.24) is 24.6 Å². The van der Waals surface area contributed by atoms with Gasteiger partial charge in [0.1, 0.15) is 5.82 Å². The van der Waals surface area contributed by atoms with Crippen molar-refractivity contribution < 1.29 is 0 Å². The van der Waals surface area contributed by atoms with E-state index in [1.807, 2.05) is 25.4 Å². The fraction of sp³-hybridized carbons (Fsp3) is 0.562. The van der Waals surface area contributed by atoms with Gasteiger partial charge in [-0.05, 0) is 45.9 Å². The maximum atomic E-state index is 4.58. The molecule has 0 unspecified atom stereocenters. The van der Waals surface area contributed by atoms with Gasteiger partial charge in [0.15, 0.2) is 0 Å². The molecule has 1 atom stereocenters. The van der Waals surface area contributed by atoms with E-state index in [9.17, 15) is 0 Å². The Morgan fingerprint density at radius 3 is 2.90 bits per heavy atom. The van der Waals surface area contributed by atoms with Crippen molar-refractivity contribution in [3.63, 3.8) is 0 Å². The summed E-state index contributed by atoms with van der Waals surface area (Å²) in [5, 5.41) is 4.41. The molecule has 0 spiro atoms. The molecule has 0 N–H and O–H groups in total. The van der Waals surface area contributed by atoms with Gasteiger partial charge in [-0.25, -0.2) is 9.97 Å². The van der Waals surface area contributed by atoms with Crippen LogP contribution in [0.2, 0.25) is 0 Å². The number of likely N-dealkylation sites (tertiary alicyclic amines) is 1. The molecule has 1 aliphatic rings. The van der Waals surface area contributed by atoms with Crippen LogP contribution in [0.15, 0.2) is 24.5 Å². The topological polar surface area (TPSA) is 46.8 Å². The van der Waals surface area contributed by atoms with Crippen LogP contribution >= 0.6 is 0 Å². The van der Waals surface area contributed by atoms with Crippen molar-refractivity contribution in [2.24, 2.45) is 0 Å². The summed E-state index contributed by atoms with van der Waals surface area (Å²) in [6.45, 7) is 9.46. The summed E-state index contributed by atoms with van der Waals surface area (Å²) < 4.78 is 2.11. The van der Waals surface area contributed by atoms with Crippen LogP contribution in [0.4, 0.5) is 0 Å². The van der Waals surface area contributed by atoms with Gasteiger partial charge in [-0.1, -0.05) is 0 Å². The highest BCUT2D eigenvalue weighted by atomic mass is 15.3. The molecule has 21 heavy (non-hydrogen) atoms. The van der Waals surface area contributed by atoms with Gasteiger partial charge in [-0.3, -0.25) is 9.58 Å². The lowest BCUT2D eigenvalue weighted by Gasteiger charge is -2.18. The lowest BCUT2D eigenvalue weighted by Crippen LogP contribution is -2.22. The highest BCUT2D eigenvalue weighted by Gasteiger charge is 2.26. The zero-order valence-corrected chi connectivity index (χ0v) is 13.0. The Kier molecular flexibility index (Phi) is 4.01. The lowest BCUT2D eigenvalue weighted by atomic mass is 10.1. The quantitative estimate of drug-likeness (QED) is 0.866. The van der Waals surface area contributed by atoms with Crippen LogP contribution in [0, 0.1) is 6.92 Å². The van der Waals surface area contributed by atoms with Crippen molar-refractivity contribution in [1.29, 1.82) is 0 Å². The van der Waals surface area contributed by atoms with Gasteiger partial charge in [0, 0.05) is 43.1 Å². The van der Waals surface area contributed by atoms with Crippen molar-refractivity contribution >= 4 is 0 Å². The molecule has 1 aliphatic heterocycles. The van der Waals surface area contributed by atoms with E-state index in [1.165, 1.54) is 5.69 Å². The van der Waals surface area contributed by atoms with Gasteiger partial charge >= 0.3 is 0 Å². The molecule has 0 amide bonds. The van der Waals surface area contributed by atoms with Gasteiger partial charge in [-0.15, -0.1) is 0 Å². The fourth-order valence-corrected chi connectivity index (χ4v) is 3.01. The van der Waals surface area contributed by atoms with Crippen LogP contribution in [-0.2, 0) is 6.54 Å². The van der Waals surface area contributed by atoms with Crippen LogP contribution in [0.1, 0.15) is 49.4 Å². The first-order chi connectivity index (χ1) is 10.1. The van der Waals surface area contributed by atoms with Crippen molar-refractivity contribution in [3.8, 4) is 0 Å². The first kappa shape index (κ1) is 14.2. The molecule has 1 fully saturated rings. The first-order valence-corrected chi connectivity index (χ1v) is 7.68. The van der Waals surface area contributed by atoms with Gasteiger partial charge in [0.05, 0.1) is 5.69 Å². The predicted molar refractivity (Wildman–Crippen MR) is 82.0 cm³/mol. The van der Waals surface area contributed by atoms with Gasteiger partial charge < -0.3 is 0 Å². The Morgan fingerprint density at radius 2 is 2.14 bits per heavy atom. The van der Waals surface area contributed by atoms with Crippen molar-refractivity contribution in [3.05, 3.63) is 41.7 Å². The molecular weight excluding hydrogens is 262 g/mol. The Balaban J connectivity index is 1.66. The zero-order chi connectivity index (χ0) is 14.8. The molecule has 3 rings (SSSR count). The molecule has 5 nitrogen and oxygen atoms in total. The van der Waals surface area contributed by atoms with Crippen LogP contribution in [0.3, 0.4) is 0 Å². The van der Waals surface area contributed by atoms with Gasteiger partial charge in [-0.2, -0.15) is 5.10 Å². The fourth-order valence-electron chi connectivity index (χ4n) is 3.01. The third-order valence-corrected chi connectivity index (χ3v) is 4.08. The number of nitrogens with zero attached hydrogens (tertiary/aromatic N) is 5. The molecule has 2 aromatic rings. The Labute approximate surface area is 126 Å². The van der Waals surface area contributed by atoms with E-state index in [2.05, 4.69) is 44.6 Å². The predicted octanol–water partition coefficient (Wildman–Crippen LogP) is 2.55. The zero-order valence-electron chi connectivity index (χ0n) is 13.0. The van der Waals surface area contributed by atoms with E-state index >= 15 is 0 Å². The average Bonchev–Trinajstić information content (AvgIpc) is 3.08. The minimum Gasteiger partial charge on any atom is -0.297 e. The van der Waals surface area contributed by atoms with E-state index in [1.54, 1.807) is 0 Å². The first-order valence-electron chi connectivity index (χ1n) is 7.68. The molecule has 0 aliphatic carbocycles. The smallest absolute Gasteiger partial charge is 0.132 e. The van der Waals surface area contributed by atoms with E-state index in [0.717, 1.165) is 37.6 Å². The molecular formula is C16H23N5. The normalized spacial score (nSPS) is 19.5. The van der Waals surface area contributed by atoms with Crippen LogP contribution in [0.5, 0.6) is 0 Å². The third kappa shape index (κ3) is 3.13. The second-order valence-corrected chi connectivity index (χ2v) is 6.14. The highest BCUT2D eigenvalue weighted by molar-refractivity contribution is 5.08. The summed E-state index contributed by atoms with van der Waals surface area (Å²) in [6.07, 6.45) is 4.90. The van der Waals surface area contributed by atoms with Crippen molar-refractivity contribution in [2.75, 3.05) is 13.1 Å². The molecule has 0 aromatic carbocycles. The highest BCUT2D eigenvalue weighted by Crippen LogP contribution is 2.26. The van der Waals surface area contributed by atoms with Crippen LogP contribution in [0.25, 0.3) is 0 Å². The number of aromatic nitrogens is 4. The SMILES string of the molecule is Cc1ccnc([C@@H]2CCN(Cc3ccnn3C(C)C)C2)n1. The maximum absolute atomic E-state index is 4.58. The Hall–Kier alpha value is -1.75. The van der Waals surface area contributed by atoms with E-state index in [-0.39, 0.29) is 0 Å². The molecule has 5 heteroatoms. The summed E-state index contributed by atoms with van der Waals surface area (Å²) in [7, 11) is 0. The Morgan fingerprint density at radius 1 is 1.29 bits per heavy atom. The summed E-state index contributed by atoms with van der Waals surface area (Å²) >= 11 is 0. The van der Waals surface area contributed by atoms with E-state index < -0.39 is 0 Å². The lowest BCUT2D eigenvalue weighted by molar-refractivity contribution is 0.309. The summed E-state index contributed by atoms with van der Waals surface area (Å²) in [4.78, 5) is 11.5. The number of rotatable bonds is 4. The summed E-state index contributed by atoms with van der Waals surface area (Å²) in [5.41, 5.74) is 2.34. The molecule has 0 saturated carbocycles. The van der Waals surface area contributed by atoms with Crippen LogP contribution in [-0.4, -0.2) is 37.7 Å². The molecule has 0 radical (unpaired) electrons. The second kappa shape index (κ2) is 5.93.